The van der Waals surface area contributed by atoms with Crippen LogP contribution in [0.15, 0.2) is 0 Å². The zero-order chi connectivity index (χ0) is 16.2. The number of aryl methyl sites for hydroxylation is 1. The number of aromatic nitrogens is 2. The van der Waals surface area contributed by atoms with E-state index in [1.165, 1.54) is 6.92 Å². The Morgan fingerprint density at radius 2 is 1.95 bits per heavy atom. The summed E-state index contributed by atoms with van der Waals surface area (Å²) in [4.78, 5) is 11.9. The van der Waals surface area contributed by atoms with Crippen molar-refractivity contribution in [3.63, 3.8) is 0 Å². The Labute approximate surface area is 123 Å². The van der Waals surface area contributed by atoms with Crippen molar-refractivity contribution in [2.24, 2.45) is 0 Å². The molecule has 1 aromatic rings. The number of carbonyl (C=O) groups excluding carboxylic acids is 1. The summed E-state index contributed by atoms with van der Waals surface area (Å²) in [6, 6.07) is 0. The van der Waals surface area contributed by atoms with Crippen LogP contribution in [0.4, 0.5) is 8.78 Å². The highest BCUT2D eigenvalue weighted by Crippen LogP contribution is 2.20. The summed E-state index contributed by atoms with van der Waals surface area (Å²) >= 11 is 0. The quantitative estimate of drug-likeness (QED) is 0.810. The van der Waals surface area contributed by atoms with Gasteiger partial charge in [-0.15, -0.1) is 0 Å². The van der Waals surface area contributed by atoms with Gasteiger partial charge in [0.1, 0.15) is 0 Å². The van der Waals surface area contributed by atoms with Crippen LogP contribution in [0, 0.1) is 13.8 Å². The van der Waals surface area contributed by atoms with E-state index in [1.807, 2.05) is 13.8 Å². The van der Waals surface area contributed by atoms with Gasteiger partial charge in [-0.1, -0.05) is 13.8 Å². The Hall–Kier alpha value is -1.50. The van der Waals surface area contributed by atoms with Crippen molar-refractivity contribution in [2.75, 3.05) is 6.54 Å². The lowest BCUT2D eigenvalue weighted by Crippen LogP contribution is -2.42. The number of carbonyl (C=O) groups is 1. The molecule has 1 rings (SSSR count). The van der Waals surface area contributed by atoms with Crippen molar-refractivity contribution >= 4 is 5.91 Å². The fourth-order valence-corrected chi connectivity index (χ4v) is 2.13. The van der Waals surface area contributed by atoms with E-state index in [4.69, 9.17) is 0 Å². The molecule has 0 bridgehead atoms. The summed E-state index contributed by atoms with van der Waals surface area (Å²) < 4.78 is 26.1. The van der Waals surface area contributed by atoms with E-state index < -0.39 is 12.2 Å². The van der Waals surface area contributed by atoms with Gasteiger partial charge in [0.25, 0.3) is 0 Å². The second-order valence-corrected chi connectivity index (χ2v) is 5.26. The van der Waals surface area contributed by atoms with E-state index in [-0.39, 0.29) is 18.9 Å². The first-order valence-electron chi connectivity index (χ1n) is 7.06. The van der Waals surface area contributed by atoms with E-state index in [9.17, 15) is 18.7 Å². The second kappa shape index (κ2) is 6.98. The minimum absolute atomic E-state index is 0.0199. The molecule has 0 aliphatic rings. The number of halogens is 2. The number of amides is 1. The Kier molecular flexibility index (Phi) is 5.83. The van der Waals surface area contributed by atoms with Crippen LogP contribution < -0.4 is 5.32 Å². The maximum atomic E-state index is 12.7. The van der Waals surface area contributed by atoms with E-state index in [0.29, 0.717) is 34.5 Å². The molecule has 0 aromatic carbocycles. The van der Waals surface area contributed by atoms with E-state index in [2.05, 4.69) is 10.4 Å². The Morgan fingerprint density at radius 1 is 1.38 bits per heavy atom. The van der Waals surface area contributed by atoms with Crippen LogP contribution in [-0.4, -0.2) is 32.9 Å². The smallest absolute Gasteiger partial charge is 0.333 e. The third-order valence-electron chi connectivity index (χ3n) is 3.93. The highest BCUT2D eigenvalue weighted by molar-refractivity contribution is 5.79. The Bertz CT molecular complexity index is 497. The van der Waals surface area contributed by atoms with Crippen molar-refractivity contribution in [1.82, 2.24) is 15.1 Å². The molecule has 0 unspecified atom stereocenters. The Morgan fingerprint density at radius 3 is 2.38 bits per heavy atom. The number of hydrogen-bond donors (Lipinski definition) is 2. The molecule has 2 N–H and O–H groups in total. The first-order valence-corrected chi connectivity index (χ1v) is 7.06. The zero-order valence-electron chi connectivity index (χ0n) is 12.9. The predicted molar refractivity (Wildman–Crippen MR) is 75.2 cm³/mol. The lowest BCUT2D eigenvalue weighted by Gasteiger charge is -2.25. The molecule has 0 fully saturated rings. The molecule has 0 saturated carbocycles. The van der Waals surface area contributed by atoms with Gasteiger partial charge in [-0.25, -0.2) is 4.68 Å². The fraction of sp³-hybridized carbons (Fsp3) is 0.714. The van der Waals surface area contributed by atoms with Gasteiger partial charge >= 0.3 is 6.55 Å². The molecular weight excluding hydrogens is 280 g/mol. The molecule has 7 heteroatoms. The third-order valence-corrected chi connectivity index (χ3v) is 3.93. The molecule has 0 atom stereocenters. The standard InChI is InChI=1S/C14H23F2N3O2/c1-5-14(21,6-2)8-17-12(20)7-11-9(3)18-19(10(11)4)13(15)16/h13,21H,5-8H2,1-4H3,(H,17,20). The molecule has 1 amide bonds. The summed E-state index contributed by atoms with van der Waals surface area (Å²) in [7, 11) is 0. The molecular formula is C14H23F2N3O2. The van der Waals surface area contributed by atoms with Crippen LogP contribution in [0.3, 0.4) is 0 Å². The van der Waals surface area contributed by atoms with Crippen molar-refractivity contribution in [1.29, 1.82) is 0 Å². The summed E-state index contributed by atoms with van der Waals surface area (Å²) in [6.45, 7) is 4.24. The van der Waals surface area contributed by atoms with Gasteiger partial charge in [-0.2, -0.15) is 13.9 Å². The normalized spacial score (nSPS) is 12.0. The molecule has 1 aromatic heterocycles. The fourth-order valence-electron chi connectivity index (χ4n) is 2.13. The van der Waals surface area contributed by atoms with Crippen molar-refractivity contribution in [3.05, 3.63) is 17.0 Å². The largest absolute Gasteiger partial charge is 0.388 e. The molecule has 0 aliphatic heterocycles. The van der Waals surface area contributed by atoms with E-state index >= 15 is 0 Å². The first-order chi connectivity index (χ1) is 9.74. The molecule has 120 valence electrons. The SMILES string of the molecule is CCC(O)(CC)CNC(=O)Cc1c(C)nn(C(F)F)c1C. The average Bonchev–Trinajstić information content (AvgIpc) is 2.73. The van der Waals surface area contributed by atoms with Crippen LogP contribution in [0.2, 0.25) is 0 Å². The molecule has 21 heavy (non-hydrogen) atoms. The molecule has 0 aliphatic carbocycles. The zero-order valence-corrected chi connectivity index (χ0v) is 12.9. The summed E-state index contributed by atoms with van der Waals surface area (Å²) in [5.74, 6) is -0.310. The van der Waals surface area contributed by atoms with E-state index in [1.54, 1.807) is 6.92 Å². The van der Waals surface area contributed by atoms with Gasteiger partial charge < -0.3 is 10.4 Å². The number of aliphatic hydroxyl groups is 1. The van der Waals surface area contributed by atoms with Gasteiger partial charge in [0.15, 0.2) is 0 Å². The van der Waals surface area contributed by atoms with Crippen molar-refractivity contribution in [3.8, 4) is 0 Å². The van der Waals surface area contributed by atoms with Gasteiger partial charge in [0.05, 0.1) is 17.7 Å². The molecule has 5 nitrogen and oxygen atoms in total. The number of rotatable bonds is 7. The topological polar surface area (TPSA) is 67.2 Å². The highest BCUT2D eigenvalue weighted by atomic mass is 19.3. The minimum Gasteiger partial charge on any atom is -0.388 e. The van der Waals surface area contributed by atoms with Crippen LogP contribution in [0.5, 0.6) is 0 Å². The van der Waals surface area contributed by atoms with Crippen LogP contribution in [-0.2, 0) is 11.2 Å². The average molecular weight is 303 g/mol. The van der Waals surface area contributed by atoms with Gasteiger partial charge in [0.2, 0.25) is 5.91 Å². The van der Waals surface area contributed by atoms with Gasteiger partial charge in [-0.05, 0) is 26.7 Å². The third kappa shape index (κ3) is 4.23. The summed E-state index contributed by atoms with van der Waals surface area (Å²) in [6.07, 6.45) is 1.05. The first kappa shape index (κ1) is 17.6. The summed E-state index contributed by atoms with van der Waals surface area (Å²) in [5.41, 5.74) is 0.292. The molecule has 1 heterocycles. The number of nitrogens with zero attached hydrogens (tertiary/aromatic N) is 2. The molecule has 0 radical (unpaired) electrons. The monoisotopic (exact) mass is 303 g/mol. The van der Waals surface area contributed by atoms with Crippen LogP contribution in [0.25, 0.3) is 0 Å². The molecule has 0 spiro atoms. The maximum absolute atomic E-state index is 12.7. The maximum Gasteiger partial charge on any atom is 0.333 e. The minimum atomic E-state index is -2.72. The van der Waals surface area contributed by atoms with Crippen LogP contribution >= 0.6 is 0 Å². The lowest BCUT2D eigenvalue weighted by molar-refractivity contribution is -0.121. The van der Waals surface area contributed by atoms with Crippen molar-refractivity contribution < 1.29 is 18.7 Å². The van der Waals surface area contributed by atoms with Gasteiger partial charge in [0, 0.05) is 17.8 Å². The number of alkyl halides is 2. The number of nitrogens with one attached hydrogen (secondary N) is 1. The van der Waals surface area contributed by atoms with E-state index in [0.717, 1.165) is 0 Å². The molecule has 0 saturated heterocycles. The second-order valence-electron chi connectivity index (χ2n) is 5.26. The number of hydrogen-bond acceptors (Lipinski definition) is 3. The van der Waals surface area contributed by atoms with Crippen molar-refractivity contribution in [2.45, 2.75) is 59.1 Å². The van der Waals surface area contributed by atoms with Crippen LogP contribution in [0.1, 0.15) is 50.2 Å². The highest BCUT2D eigenvalue weighted by Gasteiger charge is 2.24. The van der Waals surface area contributed by atoms with Gasteiger partial charge in [-0.3, -0.25) is 4.79 Å². The summed E-state index contributed by atoms with van der Waals surface area (Å²) in [5, 5.41) is 16.5. The predicted octanol–water partition coefficient (Wildman–Crippen LogP) is 2.10. The Balaban J connectivity index is 2.72. The lowest BCUT2D eigenvalue weighted by atomic mass is 9.97.